The molecule has 0 radical (unpaired) electrons. The van der Waals surface area contributed by atoms with Gasteiger partial charge >= 0.3 is 0 Å². The third kappa shape index (κ3) is 2.06. The van der Waals surface area contributed by atoms with Crippen molar-refractivity contribution in [1.29, 1.82) is 0 Å². The summed E-state index contributed by atoms with van der Waals surface area (Å²) in [6, 6.07) is 0.101. The fourth-order valence-corrected chi connectivity index (χ4v) is 1.08. The number of hydrogen-bond donors (Lipinski definition) is 1. The van der Waals surface area contributed by atoms with E-state index in [9.17, 15) is 9.59 Å². The molecule has 12 heavy (non-hydrogen) atoms. The molecule has 68 valence electrons. The highest BCUT2D eigenvalue weighted by molar-refractivity contribution is 5.89. The van der Waals surface area contributed by atoms with E-state index in [0.717, 1.165) is 0 Å². The zero-order chi connectivity index (χ0) is 9.35. The molecule has 1 amide bonds. The molecule has 0 aromatic heterocycles. The number of β-lactam (4-membered cyclic amide) rings is 1. The van der Waals surface area contributed by atoms with Gasteiger partial charge in [-0.25, -0.2) is 0 Å². The molecule has 0 unspecified atom stereocenters. The molecule has 3 heteroatoms. The van der Waals surface area contributed by atoms with Gasteiger partial charge < -0.3 is 5.32 Å². The van der Waals surface area contributed by atoms with Crippen LogP contribution in [0.15, 0.2) is 0 Å². The van der Waals surface area contributed by atoms with E-state index in [1.165, 1.54) is 0 Å². The minimum absolute atomic E-state index is 0.0571. The van der Waals surface area contributed by atoms with Crippen molar-refractivity contribution in [1.82, 2.24) is 5.32 Å². The van der Waals surface area contributed by atoms with Crippen molar-refractivity contribution < 1.29 is 9.59 Å². The minimum atomic E-state index is -0.277. The van der Waals surface area contributed by atoms with Gasteiger partial charge in [-0.1, -0.05) is 20.8 Å². The second-order valence-corrected chi connectivity index (χ2v) is 4.35. The number of carbonyl (C=O) groups excluding carboxylic acids is 2. The number of nitrogens with one attached hydrogen (secondary N) is 1. The van der Waals surface area contributed by atoms with Crippen LogP contribution in [0.2, 0.25) is 0 Å². The van der Waals surface area contributed by atoms with Gasteiger partial charge in [0.15, 0.2) is 0 Å². The topological polar surface area (TPSA) is 46.2 Å². The predicted octanol–water partition coefficient (Wildman–Crippen LogP) is 0.880. The molecule has 0 saturated carbocycles. The highest BCUT2D eigenvalue weighted by atomic mass is 16.2. The molecule has 1 aliphatic heterocycles. The molecule has 0 bridgehead atoms. The van der Waals surface area contributed by atoms with E-state index in [2.05, 4.69) is 5.32 Å². The molecule has 0 aromatic carbocycles. The molecule has 0 aromatic rings. The summed E-state index contributed by atoms with van der Waals surface area (Å²) in [6.45, 7) is 5.70. The van der Waals surface area contributed by atoms with Gasteiger partial charge in [-0.15, -0.1) is 0 Å². The van der Waals surface area contributed by atoms with Crippen molar-refractivity contribution in [2.45, 2.75) is 39.7 Å². The Bertz CT molecular complexity index is 207. The molecule has 0 aliphatic carbocycles. The molecule has 1 saturated heterocycles. The lowest BCUT2D eigenvalue weighted by Crippen LogP contribution is -2.50. The van der Waals surface area contributed by atoms with Crippen molar-refractivity contribution in [3.05, 3.63) is 0 Å². The quantitative estimate of drug-likeness (QED) is 0.624. The van der Waals surface area contributed by atoms with Gasteiger partial charge in [-0.05, 0) is 0 Å². The highest BCUT2D eigenvalue weighted by Crippen LogP contribution is 2.20. The monoisotopic (exact) mass is 169 g/mol. The summed E-state index contributed by atoms with van der Waals surface area (Å²) in [6.07, 6.45) is 0.997. The maximum Gasteiger partial charge on any atom is 0.222 e. The van der Waals surface area contributed by atoms with E-state index >= 15 is 0 Å². The van der Waals surface area contributed by atoms with E-state index in [4.69, 9.17) is 0 Å². The van der Waals surface area contributed by atoms with Crippen LogP contribution in [0.1, 0.15) is 33.6 Å². The average Bonchev–Trinajstić information content (AvgIpc) is 1.82. The van der Waals surface area contributed by atoms with Crippen LogP contribution in [0.5, 0.6) is 0 Å². The largest absolute Gasteiger partial charge is 0.352 e. The summed E-state index contributed by atoms with van der Waals surface area (Å²) in [7, 11) is 0. The second-order valence-electron chi connectivity index (χ2n) is 4.35. The zero-order valence-electron chi connectivity index (χ0n) is 7.81. The van der Waals surface area contributed by atoms with E-state index < -0.39 is 0 Å². The van der Waals surface area contributed by atoms with Gasteiger partial charge in [0.25, 0.3) is 0 Å². The lowest BCUT2D eigenvalue weighted by molar-refractivity contribution is -0.132. The van der Waals surface area contributed by atoms with Crippen LogP contribution in [-0.2, 0) is 9.59 Å². The smallest absolute Gasteiger partial charge is 0.222 e. The summed E-state index contributed by atoms with van der Waals surface area (Å²) in [4.78, 5) is 21.9. The molecule has 1 heterocycles. The highest BCUT2D eigenvalue weighted by Gasteiger charge is 2.31. The number of rotatable bonds is 2. The second kappa shape index (κ2) is 2.88. The SMILES string of the molecule is CC(C)(C)C(=O)C[C@@H]1CC(=O)N1. The maximum atomic E-state index is 11.4. The molecule has 1 rings (SSSR count). The lowest BCUT2D eigenvalue weighted by atomic mass is 9.85. The summed E-state index contributed by atoms with van der Waals surface area (Å²) >= 11 is 0. The number of carbonyl (C=O) groups is 2. The van der Waals surface area contributed by atoms with Crippen LogP contribution in [0.3, 0.4) is 0 Å². The Labute approximate surface area is 72.5 Å². The van der Waals surface area contributed by atoms with Gasteiger partial charge in [0, 0.05) is 24.3 Å². The Morgan fingerprint density at radius 2 is 2.08 bits per heavy atom. The van der Waals surface area contributed by atoms with Crippen LogP contribution in [0, 0.1) is 5.41 Å². The van der Waals surface area contributed by atoms with Gasteiger partial charge in [0.05, 0.1) is 0 Å². The molecule has 3 nitrogen and oxygen atoms in total. The van der Waals surface area contributed by atoms with E-state index in [0.29, 0.717) is 12.8 Å². The first-order valence-corrected chi connectivity index (χ1v) is 4.22. The Morgan fingerprint density at radius 1 is 1.58 bits per heavy atom. The number of ketones is 1. The van der Waals surface area contributed by atoms with Gasteiger partial charge in [0.2, 0.25) is 5.91 Å². The van der Waals surface area contributed by atoms with Gasteiger partial charge in [-0.3, -0.25) is 9.59 Å². The maximum absolute atomic E-state index is 11.4. The van der Waals surface area contributed by atoms with Crippen LogP contribution >= 0.6 is 0 Å². The molecular formula is C9H15NO2. The number of Topliss-reactive ketones (excluding diaryl/α,β-unsaturated/α-hetero) is 1. The summed E-state index contributed by atoms with van der Waals surface area (Å²) < 4.78 is 0. The molecular weight excluding hydrogens is 154 g/mol. The first-order valence-electron chi connectivity index (χ1n) is 4.22. The fraction of sp³-hybridized carbons (Fsp3) is 0.778. The summed E-state index contributed by atoms with van der Waals surface area (Å²) in [5.41, 5.74) is -0.277. The van der Waals surface area contributed by atoms with Crippen LogP contribution in [-0.4, -0.2) is 17.7 Å². The van der Waals surface area contributed by atoms with Crippen molar-refractivity contribution in [3.8, 4) is 0 Å². The van der Waals surface area contributed by atoms with Gasteiger partial charge in [0.1, 0.15) is 5.78 Å². The average molecular weight is 169 g/mol. The predicted molar refractivity (Wildman–Crippen MR) is 45.6 cm³/mol. The van der Waals surface area contributed by atoms with Crippen molar-refractivity contribution in [3.63, 3.8) is 0 Å². The lowest BCUT2D eigenvalue weighted by Gasteiger charge is -2.28. The third-order valence-corrected chi connectivity index (χ3v) is 2.07. The Balaban J connectivity index is 2.33. The molecule has 0 spiro atoms. The molecule has 1 atom stereocenters. The number of amides is 1. The van der Waals surface area contributed by atoms with Crippen LogP contribution < -0.4 is 5.32 Å². The Morgan fingerprint density at radius 3 is 2.42 bits per heavy atom. The van der Waals surface area contributed by atoms with Crippen LogP contribution in [0.25, 0.3) is 0 Å². The Kier molecular flexibility index (Phi) is 2.22. The van der Waals surface area contributed by atoms with E-state index in [1.807, 2.05) is 20.8 Å². The molecule has 1 N–H and O–H groups in total. The van der Waals surface area contributed by atoms with Crippen molar-refractivity contribution in [2.75, 3.05) is 0 Å². The zero-order valence-corrected chi connectivity index (χ0v) is 7.81. The summed E-state index contributed by atoms with van der Waals surface area (Å²) in [5.74, 6) is 0.272. The first kappa shape index (κ1) is 9.23. The standard InChI is InChI=1S/C9H15NO2/c1-9(2,3)7(11)4-6-5-8(12)10-6/h6H,4-5H2,1-3H3,(H,10,12)/t6-/m1/s1. The fourth-order valence-electron chi connectivity index (χ4n) is 1.08. The van der Waals surface area contributed by atoms with Gasteiger partial charge in [-0.2, -0.15) is 0 Å². The Hall–Kier alpha value is -0.860. The van der Waals surface area contributed by atoms with E-state index in [-0.39, 0.29) is 23.1 Å². The third-order valence-electron chi connectivity index (χ3n) is 2.07. The first-order chi connectivity index (χ1) is 5.39. The van der Waals surface area contributed by atoms with E-state index in [1.54, 1.807) is 0 Å². The molecule has 1 aliphatic rings. The van der Waals surface area contributed by atoms with Crippen molar-refractivity contribution >= 4 is 11.7 Å². The molecule has 1 fully saturated rings. The summed E-state index contributed by atoms with van der Waals surface area (Å²) in [5, 5.41) is 2.69. The minimum Gasteiger partial charge on any atom is -0.352 e. The van der Waals surface area contributed by atoms with Crippen LogP contribution in [0.4, 0.5) is 0 Å². The number of hydrogen-bond acceptors (Lipinski definition) is 2. The van der Waals surface area contributed by atoms with Crippen molar-refractivity contribution in [2.24, 2.45) is 5.41 Å². The normalized spacial score (nSPS) is 22.9.